The van der Waals surface area contributed by atoms with E-state index in [1.54, 1.807) is 19.2 Å². The average molecular weight is 252 g/mol. The van der Waals surface area contributed by atoms with E-state index in [0.717, 1.165) is 10.1 Å². The Morgan fingerprint density at radius 2 is 2.00 bits per heavy atom. The van der Waals surface area contributed by atoms with Gasteiger partial charge in [0.15, 0.2) is 0 Å². The van der Waals surface area contributed by atoms with Crippen molar-refractivity contribution in [3.05, 3.63) is 55.6 Å². The third-order valence-electron chi connectivity index (χ3n) is 2.39. The van der Waals surface area contributed by atoms with E-state index < -0.39 is 11.2 Å². The van der Waals surface area contributed by atoms with Gasteiger partial charge in [-0.15, -0.1) is 0 Å². The second-order valence-electron chi connectivity index (χ2n) is 3.73. The first-order valence-electron chi connectivity index (χ1n) is 4.94. The highest BCUT2D eigenvalue weighted by Gasteiger charge is 2.10. The number of hydrogen-bond acceptors (Lipinski definition) is 3. The van der Waals surface area contributed by atoms with Gasteiger partial charge in [0.1, 0.15) is 5.15 Å². The Labute approximate surface area is 102 Å². The molecule has 0 unspecified atom stereocenters. The predicted octanol–water partition coefficient (Wildman–Crippen LogP) is 1.19. The lowest BCUT2D eigenvalue weighted by Crippen LogP contribution is -2.35. The van der Waals surface area contributed by atoms with Gasteiger partial charge in [-0.2, -0.15) is 0 Å². The quantitative estimate of drug-likeness (QED) is 0.774. The van der Waals surface area contributed by atoms with Crippen molar-refractivity contribution in [2.75, 3.05) is 0 Å². The molecule has 5 nitrogen and oxygen atoms in total. The van der Waals surface area contributed by atoms with Crippen LogP contribution in [0.1, 0.15) is 11.1 Å². The summed E-state index contributed by atoms with van der Waals surface area (Å²) < 4.78 is 1.02. The van der Waals surface area contributed by atoms with E-state index in [-0.39, 0.29) is 5.15 Å². The number of halogens is 1. The third-order valence-corrected chi connectivity index (χ3v) is 2.77. The fourth-order valence-corrected chi connectivity index (χ4v) is 1.65. The lowest BCUT2D eigenvalue weighted by atomic mass is 10.3. The Kier molecular flexibility index (Phi) is 2.85. The first-order chi connectivity index (χ1) is 8.00. The molecule has 0 spiro atoms. The van der Waals surface area contributed by atoms with Crippen LogP contribution in [0.5, 0.6) is 0 Å². The van der Waals surface area contributed by atoms with Gasteiger partial charge in [-0.05, 0) is 25.5 Å². The average Bonchev–Trinajstić information content (AvgIpc) is 2.26. The summed E-state index contributed by atoms with van der Waals surface area (Å²) in [6.07, 6.45) is 3.10. The highest BCUT2D eigenvalue weighted by molar-refractivity contribution is 6.30. The summed E-state index contributed by atoms with van der Waals surface area (Å²) in [4.78, 5) is 30.0. The number of H-pyrrole nitrogens is 1. The number of aryl methyl sites for hydroxylation is 1. The lowest BCUT2D eigenvalue weighted by Gasteiger charge is -2.06. The summed E-state index contributed by atoms with van der Waals surface area (Å²) in [6.45, 7) is 3.39. The molecule has 0 saturated carbocycles. The molecule has 0 aromatic carbocycles. The number of nitrogens with zero attached hydrogens (tertiary/aromatic N) is 2. The van der Waals surface area contributed by atoms with Crippen LogP contribution in [0.3, 0.4) is 0 Å². The molecular weight excluding hydrogens is 242 g/mol. The normalized spacial score (nSPS) is 10.5. The van der Waals surface area contributed by atoms with E-state index in [1.807, 2.05) is 6.92 Å². The van der Waals surface area contributed by atoms with Crippen molar-refractivity contribution in [3.63, 3.8) is 0 Å². The number of hydrogen-bond donors (Lipinski definition) is 1. The summed E-state index contributed by atoms with van der Waals surface area (Å²) in [7, 11) is 0. The van der Waals surface area contributed by atoms with E-state index in [9.17, 15) is 9.59 Å². The van der Waals surface area contributed by atoms with Crippen molar-refractivity contribution in [1.29, 1.82) is 0 Å². The summed E-state index contributed by atoms with van der Waals surface area (Å²) in [5.74, 6) is 0. The van der Waals surface area contributed by atoms with Crippen LogP contribution in [-0.2, 0) is 0 Å². The maximum atomic E-state index is 12.0. The molecule has 2 aromatic rings. The smallest absolute Gasteiger partial charge is 0.297 e. The molecule has 0 radical (unpaired) electrons. The standard InChI is InChI=1S/C11H10ClN3O2/c1-6-3-8(5-13-4-6)15-10(16)7(2)9(12)14-11(15)17/h3-5H,1-2H3,(H,14,17). The fraction of sp³-hybridized carbons (Fsp3) is 0.182. The predicted molar refractivity (Wildman–Crippen MR) is 64.9 cm³/mol. The topological polar surface area (TPSA) is 67.8 Å². The maximum absolute atomic E-state index is 12.0. The van der Waals surface area contributed by atoms with Gasteiger partial charge in [-0.3, -0.25) is 14.8 Å². The van der Waals surface area contributed by atoms with Gasteiger partial charge in [0.05, 0.1) is 17.4 Å². The first kappa shape index (κ1) is 11.6. The zero-order valence-electron chi connectivity index (χ0n) is 9.32. The molecule has 0 saturated heterocycles. The minimum Gasteiger partial charge on any atom is -0.297 e. The Balaban J connectivity index is 2.82. The molecule has 0 bridgehead atoms. The highest BCUT2D eigenvalue weighted by Crippen LogP contribution is 2.07. The van der Waals surface area contributed by atoms with E-state index in [4.69, 9.17) is 11.6 Å². The molecule has 0 fully saturated rings. The molecule has 2 heterocycles. The molecule has 1 N–H and O–H groups in total. The van der Waals surface area contributed by atoms with Crippen LogP contribution < -0.4 is 11.2 Å². The summed E-state index contributed by atoms with van der Waals surface area (Å²) in [5.41, 5.74) is 0.578. The van der Waals surface area contributed by atoms with Gasteiger partial charge in [0, 0.05) is 6.20 Å². The van der Waals surface area contributed by atoms with Gasteiger partial charge in [-0.25, -0.2) is 9.36 Å². The molecule has 2 rings (SSSR count). The van der Waals surface area contributed by atoms with Crippen molar-refractivity contribution in [2.45, 2.75) is 13.8 Å². The van der Waals surface area contributed by atoms with Crippen molar-refractivity contribution in [3.8, 4) is 5.69 Å². The van der Waals surface area contributed by atoms with Crippen LogP contribution in [0.25, 0.3) is 5.69 Å². The Morgan fingerprint density at radius 1 is 1.29 bits per heavy atom. The molecule has 0 aliphatic carbocycles. The number of rotatable bonds is 1. The number of aromatic nitrogens is 3. The zero-order valence-corrected chi connectivity index (χ0v) is 10.1. The van der Waals surface area contributed by atoms with Crippen LogP contribution in [0, 0.1) is 13.8 Å². The second kappa shape index (κ2) is 4.18. The van der Waals surface area contributed by atoms with Crippen molar-refractivity contribution < 1.29 is 0 Å². The zero-order chi connectivity index (χ0) is 12.6. The van der Waals surface area contributed by atoms with Gasteiger partial charge >= 0.3 is 5.69 Å². The van der Waals surface area contributed by atoms with E-state index in [1.165, 1.54) is 6.20 Å². The summed E-state index contributed by atoms with van der Waals surface area (Å²) in [5, 5.41) is 0.0665. The van der Waals surface area contributed by atoms with Crippen LogP contribution in [0.4, 0.5) is 0 Å². The maximum Gasteiger partial charge on any atom is 0.334 e. The molecule has 17 heavy (non-hydrogen) atoms. The van der Waals surface area contributed by atoms with Crippen LogP contribution >= 0.6 is 11.6 Å². The summed E-state index contributed by atoms with van der Waals surface area (Å²) >= 11 is 5.73. The second-order valence-corrected chi connectivity index (χ2v) is 4.11. The van der Waals surface area contributed by atoms with Gasteiger partial charge in [0.2, 0.25) is 0 Å². The summed E-state index contributed by atoms with van der Waals surface area (Å²) in [6, 6.07) is 1.71. The number of aromatic amines is 1. The SMILES string of the molecule is Cc1cncc(-n2c(=O)[nH]c(Cl)c(C)c2=O)c1. The first-order valence-corrected chi connectivity index (χ1v) is 5.32. The molecule has 0 atom stereocenters. The van der Waals surface area contributed by atoms with Crippen molar-refractivity contribution >= 4 is 11.6 Å². The van der Waals surface area contributed by atoms with Crippen LogP contribution in [-0.4, -0.2) is 14.5 Å². The van der Waals surface area contributed by atoms with Crippen molar-refractivity contribution in [1.82, 2.24) is 14.5 Å². The highest BCUT2D eigenvalue weighted by atomic mass is 35.5. The number of nitrogens with one attached hydrogen (secondary N) is 1. The minimum absolute atomic E-state index is 0.0665. The molecule has 6 heteroatoms. The molecule has 2 aromatic heterocycles. The minimum atomic E-state index is -0.571. The lowest BCUT2D eigenvalue weighted by molar-refractivity contribution is 0.853. The molecule has 88 valence electrons. The largest absolute Gasteiger partial charge is 0.334 e. The van der Waals surface area contributed by atoms with Crippen LogP contribution in [0.2, 0.25) is 5.15 Å². The van der Waals surface area contributed by atoms with Gasteiger partial charge in [0.25, 0.3) is 5.56 Å². The third kappa shape index (κ3) is 2.01. The molecule has 0 aliphatic heterocycles. The van der Waals surface area contributed by atoms with Crippen molar-refractivity contribution in [2.24, 2.45) is 0 Å². The van der Waals surface area contributed by atoms with Gasteiger partial charge < -0.3 is 0 Å². The van der Waals surface area contributed by atoms with E-state index in [0.29, 0.717) is 11.3 Å². The Hall–Kier alpha value is -1.88. The molecular formula is C11H10ClN3O2. The van der Waals surface area contributed by atoms with Gasteiger partial charge in [-0.1, -0.05) is 11.6 Å². The van der Waals surface area contributed by atoms with E-state index >= 15 is 0 Å². The monoisotopic (exact) mass is 251 g/mol. The Bertz CT molecular complexity index is 688. The molecule has 0 aliphatic rings. The number of pyridine rings is 1. The fourth-order valence-electron chi connectivity index (χ4n) is 1.49. The molecule has 0 amide bonds. The van der Waals surface area contributed by atoms with E-state index in [2.05, 4.69) is 9.97 Å². The Morgan fingerprint density at radius 3 is 2.65 bits per heavy atom. The van der Waals surface area contributed by atoms with Crippen LogP contribution in [0.15, 0.2) is 28.0 Å².